The SMILES string of the molecule is COCCn1c(C)cc2c(c1=O)[C@@H](c1ccc(C(F)(F)F)cc1)C(C(=O)OC)=C(N)O2. The van der Waals surface area contributed by atoms with Crippen molar-refractivity contribution in [3.63, 3.8) is 0 Å². The van der Waals surface area contributed by atoms with Gasteiger partial charge >= 0.3 is 12.1 Å². The van der Waals surface area contributed by atoms with Gasteiger partial charge in [0.05, 0.1) is 30.8 Å². The van der Waals surface area contributed by atoms with E-state index in [1.807, 2.05) is 0 Å². The summed E-state index contributed by atoms with van der Waals surface area (Å²) in [7, 11) is 2.62. The Hall–Kier alpha value is -3.27. The summed E-state index contributed by atoms with van der Waals surface area (Å²) in [6.07, 6.45) is -4.53. The molecule has 1 aliphatic rings. The lowest BCUT2D eigenvalue weighted by Gasteiger charge is -2.29. The number of aryl methyl sites for hydroxylation is 1. The summed E-state index contributed by atoms with van der Waals surface area (Å²) in [6.45, 7) is 2.19. The lowest BCUT2D eigenvalue weighted by molar-refractivity contribution is -0.138. The Bertz CT molecular complexity index is 1090. The molecule has 0 amide bonds. The molecule has 0 unspecified atom stereocenters. The molecule has 0 saturated heterocycles. The average Bonchev–Trinajstić information content (AvgIpc) is 2.71. The molecule has 31 heavy (non-hydrogen) atoms. The standard InChI is InChI=1S/C21H21F3N2O5/c1-11-10-14-16(19(27)26(11)8-9-29-2)15(17(18(25)31-14)20(28)30-3)12-4-6-13(7-5-12)21(22,23)24/h4-7,10,15H,8-9,25H2,1-3H3/t15-/m1/s1. The first kappa shape index (κ1) is 22.4. The number of carbonyl (C=O) groups is 1. The van der Waals surface area contributed by atoms with E-state index in [1.54, 1.807) is 13.0 Å². The first-order valence-electron chi connectivity index (χ1n) is 9.26. The molecule has 0 spiro atoms. The van der Waals surface area contributed by atoms with Gasteiger partial charge < -0.3 is 24.5 Å². The number of ether oxygens (including phenoxy) is 3. The fourth-order valence-corrected chi connectivity index (χ4v) is 3.55. The maximum atomic E-state index is 13.3. The third-order valence-electron chi connectivity index (χ3n) is 5.07. The Kier molecular flexibility index (Phi) is 6.12. The van der Waals surface area contributed by atoms with Crippen LogP contribution in [0.15, 0.2) is 46.6 Å². The Morgan fingerprint density at radius 2 is 1.87 bits per heavy atom. The first-order chi connectivity index (χ1) is 14.6. The van der Waals surface area contributed by atoms with Crippen LogP contribution in [-0.4, -0.2) is 31.4 Å². The Balaban J connectivity index is 2.25. The van der Waals surface area contributed by atoms with E-state index in [1.165, 1.54) is 23.8 Å². The molecule has 166 valence electrons. The number of pyridine rings is 1. The van der Waals surface area contributed by atoms with Crippen molar-refractivity contribution in [2.45, 2.75) is 25.6 Å². The van der Waals surface area contributed by atoms with Crippen LogP contribution in [-0.2, 0) is 27.0 Å². The fraction of sp³-hybridized carbons (Fsp3) is 0.333. The van der Waals surface area contributed by atoms with Gasteiger partial charge in [-0.3, -0.25) is 4.79 Å². The number of nitrogens with two attached hydrogens (primary N) is 1. The van der Waals surface area contributed by atoms with Gasteiger partial charge in [0.1, 0.15) is 11.3 Å². The van der Waals surface area contributed by atoms with E-state index in [-0.39, 0.29) is 41.5 Å². The smallest absolute Gasteiger partial charge is 0.416 e. The number of halogens is 3. The largest absolute Gasteiger partial charge is 0.465 e. The van der Waals surface area contributed by atoms with Crippen molar-refractivity contribution >= 4 is 5.97 Å². The van der Waals surface area contributed by atoms with Crippen molar-refractivity contribution in [2.24, 2.45) is 5.73 Å². The van der Waals surface area contributed by atoms with Crippen LogP contribution in [0.3, 0.4) is 0 Å². The van der Waals surface area contributed by atoms with Gasteiger partial charge in [-0.05, 0) is 24.6 Å². The molecule has 0 aliphatic carbocycles. The van der Waals surface area contributed by atoms with Crippen LogP contribution in [0.4, 0.5) is 13.2 Å². The predicted molar refractivity (Wildman–Crippen MR) is 104 cm³/mol. The zero-order chi connectivity index (χ0) is 22.9. The second-order valence-electron chi connectivity index (χ2n) is 6.94. The van der Waals surface area contributed by atoms with Gasteiger partial charge in [-0.1, -0.05) is 12.1 Å². The van der Waals surface area contributed by atoms with Crippen LogP contribution in [0, 0.1) is 6.92 Å². The maximum Gasteiger partial charge on any atom is 0.416 e. The van der Waals surface area contributed by atoms with E-state index < -0.39 is 29.2 Å². The number of hydrogen-bond acceptors (Lipinski definition) is 6. The Morgan fingerprint density at radius 3 is 2.42 bits per heavy atom. The highest BCUT2D eigenvalue weighted by atomic mass is 19.4. The van der Waals surface area contributed by atoms with Crippen molar-refractivity contribution in [3.8, 4) is 5.75 Å². The summed E-state index contributed by atoms with van der Waals surface area (Å²) >= 11 is 0. The van der Waals surface area contributed by atoms with Gasteiger partial charge in [-0.25, -0.2) is 4.79 Å². The van der Waals surface area contributed by atoms with Crippen molar-refractivity contribution < 1.29 is 32.2 Å². The quantitative estimate of drug-likeness (QED) is 0.722. The molecule has 1 atom stereocenters. The minimum atomic E-state index is -4.53. The summed E-state index contributed by atoms with van der Waals surface area (Å²) < 4.78 is 55.9. The maximum absolute atomic E-state index is 13.3. The van der Waals surface area contributed by atoms with Crippen LogP contribution in [0.25, 0.3) is 0 Å². The molecular weight excluding hydrogens is 417 g/mol. The topological polar surface area (TPSA) is 92.8 Å². The highest BCUT2D eigenvalue weighted by Gasteiger charge is 2.39. The molecular formula is C21H21F3N2O5. The molecule has 1 aliphatic heterocycles. The zero-order valence-corrected chi connectivity index (χ0v) is 17.1. The summed E-state index contributed by atoms with van der Waals surface area (Å²) in [5.41, 5.74) is 5.39. The lowest BCUT2D eigenvalue weighted by atomic mass is 9.83. The molecule has 2 N–H and O–H groups in total. The number of alkyl halides is 3. The van der Waals surface area contributed by atoms with Crippen molar-refractivity contribution in [2.75, 3.05) is 20.8 Å². The van der Waals surface area contributed by atoms with Gasteiger partial charge in [0, 0.05) is 25.4 Å². The number of methoxy groups -OCH3 is 2. The number of rotatable bonds is 5. The molecule has 0 saturated carbocycles. The number of carbonyl (C=O) groups excluding carboxylic acids is 1. The highest BCUT2D eigenvalue weighted by Crippen LogP contribution is 2.42. The molecule has 1 aromatic carbocycles. The van der Waals surface area contributed by atoms with Crippen LogP contribution < -0.4 is 16.0 Å². The molecule has 2 aromatic rings. The van der Waals surface area contributed by atoms with Gasteiger partial charge in [0.15, 0.2) is 0 Å². The molecule has 0 radical (unpaired) electrons. The monoisotopic (exact) mass is 438 g/mol. The van der Waals surface area contributed by atoms with Crippen molar-refractivity contribution in [1.82, 2.24) is 4.57 Å². The van der Waals surface area contributed by atoms with E-state index >= 15 is 0 Å². The summed E-state index contributed by atoms with van der Waals surface area (Å²) in [5, 5.41) is 0. The number of nitrogens with zero attached hydrogens (tertiary/aromatic N) is 1. The summed E-state index contributed by atoms with van der Waals surface area (Å²) in [5.74, 6) is -2.07. The number of hydrogen-bond donors (Lipinski definition) is 1. The fourth-order valence-electron chi connectivity index (χ4n) is 3.55. The van der Waals surface area contributed by atoms with Gasteiger partial charge in [0.2, 0.25) is 5.88 Å². The van der Waals surface area contributed by atoms with E-state index in [2.05, 4.69) is 0 Å². The Labute approximate surface area is 175 Å². The second-order valence-corrected chi connectivity index (χ2v) is 6.94. The van der Waals surface area contributed by atoms with E-state index in [4.69, 9.17) is 19.9 Å². The number of esters is 1. The van der Waals surface area contributed by atoms with E-state index in [0.717, 1.165) is 19.2 Å². The zero-order valence-electron chi connectivity index (χ0n) is 17.1. The second kappa shape index (κ2) is 8.46. The van der Waals surface area contributed by atoms with Crippen molar-refractivity contribution in [1.29, 1.82) is 0 Å². The molecule has 10 heteroatoms. The molecule has 0 fully saturated rings. The minimum absolute atomic E-state index is 0.0797. The number of benzene rings is 1. The van der Waals surface area contributed by atoms with Gasteiger partial charge in [0.25, 0.3) is 5.56 Å². The first-order valence-corrected chi connectivity index (χ1v) is 9.26. The molecule has 7 nitrogen and oxygen atoms in total. The van der Waals surface area contributed by atoms with Crippen LogP contribution in [0.1, 0.15) is 28.3 Å². The molecule has 1 aromatic heterocycles. The average molecular weight is 438 g/mol. The van der Waals surface area contributed by atoms with Gasteiger partial charge in [-0.2, -0.15) is 13.2 Å². The lowest BCUT2D eigenvalue weighted by Crippen LogP contribution is -2.35. The highest BCUT2D eigenvalue weighted by molar-refractivity contribution is 5.92. The predicted octanol–water partition coefficient (Wildman–Crippen LogP) is 2.69. The third-order valence-corrected chi connectivity index (χ3v) is 5.07. The minimum Gasteiger partial charge on any atom is -0.465 e. The molecule has 0 bridgehead atoms. The van der Waals surface area contributed by atoms with Crippen LogP contribution >= 0.6 is 0 Å². The summed E-state index contributed by atoms with van der Waals surface area (Å²) in [6, 6.07) is 5.76. The number of aromatic nitrogens is 1. The van der Waals surface area contributed by atoms with Gasteiger partial charge in [-0.15, -0.1) is 0 Å². The van der Waals surface area contributed by atoms with E-state index in [9.17, 15) is 22.8 Å². The molecule has 3 rings (SSSR count). The third kappa shape index (κ3) is 4.15. The normalized spacial score (nSPS) is 16.0. The van der Waals surface area contributed by atoms with Crippen LogP contribution in [0.2, 0.25) is 0 Å². The van der Waals surface area contributed by atoms with Crippen LogP contribution in [0.5, 0.6) is 5.75 Å². The molecule has 2 heterocycles. The number of fused-ring (bicyclic) bond motifs is 1. The van der Waals surface area contributed by atoms with E-state index in [0.29, 0.717) is 5.69 Å². The summed E-state index contributed by atoms with van der Waals surface area (Å²) in [4.78, 5) is 25.8. The Morgan fingerprint density at radius 1 is 1.23 bits per heavy atom. The van der Waals surface area contributed by atoms with Crippen molar-refractivity contribution in [3.05, 3.63) is 74.5 Å².